The van der Waals surface area contributed by atoms with Gasteiger partial charge in [-0.2, -0.15) is 0 Å². The van der Waals surface area contributed by atoms with Crippen LogP contribution in [0.1, 0.15) is 24.8 Å². The molecule has 0 bridgehead atoms. The first-order valence-electron chi connectivity index (χ1n) is 5.87. The standard InChI is InChI=1S/C13H17FN2O/c1-9-6-11(8-16(9)13(17)7-15)10-2-4-12(14)5-3-10/h2-5,9,11H,6-8,15H2,1H3. The fourth-order valence-electron chi connectivity index (χ4n) is 2.47. The highest BCUT2D eigenvalue weighted by atomic mass is 19.1. The van der Waals surface area contributed by atoms with Crippen LogP contribution in [0.15, 0.2) is 24.3 Å². The van der Waals surface area contributed by atoms with E-state index in [1.54, 1.807) is 12.1 Å². The van der Waals surface area contributed by atoms with Gasteiger partial charge in [-0.3, -0.25) is 4.79 Å². The molecule has 1 aromatic carbocycles. The lowest BCUT2D eigenvalue weighted by molar-refractivity contribution is -0.130. The van der Waals surface area contributed by atoms with Crippen LogP contribution in [0.4, 0.5) is 4.39 Å². The van der Waals surface area contributed by atoms with Crippen molar-refractivity contribution >= 4 is 5.91 Å². The van der Waals surface area contributed by atoms with Gasteiger partial charge in [-0.05, 0) is 31.0 Å². The Kier molecular flexibility index (Phi) is 3.43. The first-order valence-corrected chi connectivity index (χ1v) is 5.87. The van der Waals surface area contributed by atoms with Gasteiger partial charge in [0.15, 0.2) is 0 Å². The fraction of sp³-hybridized carbons (Fsp3) is 0.462. The van der Waals surface area contributed by atoms with Gasteiger partial charge in [-0.15, -0.1) is 0 Å². The molecule has 2 atom stereocenters. The van der Waals surface area contributed by atoms with E-state index in [2.05, 4.69) is 0 Å². The van der Waals surface area contributed by atoms with Gasteiger partial charge in [-0.1, -0.05) is 12.1 Å². The van der Waals surface area contributed by atoms with Crippen molar-refractivity contribution in [3.8, 4) is 0 Å². The first-order chi connectivity index (χ1) is 8.11. The minimum atomic E-state index is -0.227. The van der Waals surface area contributed by atoms with Crippen LogP contribution in [0.2, 0.25) is 0 Å². The van der Waals surface area contributed by atoms with Gasteiger partial charge in [0.25, 0.3) is 0 Å². The minimum Gasteiger partial charge on any atom is -0.338 e. The molecular weight excluding hydrogens is 219 g/mol. The van der Waals surface area contributed by atoms with Crippen molar-refractivity contribution in [1.29, 1.82) is 0 Å². The number of nitrogens with zero attached hydrogens (tertiary/aromatic N) is 1. The number of carbonyl (C=O) groups excluding carboxylic acids is 1. The number of rotatable bonds is 2. The van der Waals surface area contributed by atoms with Gasteiger partial charge >= 0.3 is 0 Å². The maximum atomic E-state index is 12.8. The molecule has 92 valence electrons. The van der Waals surface area contributed by atoms with E-state index in [0.717, 1.165) is 12.0 Å². The Morgan fingerprint density at radius 1 is 1.47 bits per heavy atom. The smallest absolute Gasteiger partial charge is 0.236 e. The normalized spacial score (nSPS) is 24.1. The Morgan fingerprint density at radius 3 is 2.71 bits per heavy atom. The number of amides is 1. The van der Waals surface area contributed by atoms with Gasteiger partial charge in [0.2, 0.25) is 5.91 Å². The zero-order valence-corrected chi connectivity index (χ0v) is 9.90. The highest BCUT2D eigenvalue weighted by Crippen LogP contribution is 2.31. The third kappa shape index (κ3) is 2.47. The second-order valence-electron chi connectivity index (χ2n) is 4.58. The Balaban J connectivity index is 2.10. The molecule has 0 aliphatic carbocycles. The Bertz CT molecular complexity index is 404. The molecule has 1 fully saturated rings. The van der Waals surface area contributed by atoms with Crippen molar-refractivity contribution in [2.24, 2.45) is 5.73 Å². The summed E-state index contributed by atoms with van der Waals surface area (Å²) in [5.41, 5.74) is 6.47. The summed E-state index contributed by atoms with van der Waals surface area (Å²) in [6, 6.07) is 6.73. The summed E-state index contributed by atoms with van der Waals surface area (Å²) in [7, 11) is 0. The molecule has 1 aromatic rings. The second kappa shape index (κ2) is 4.84. The number of nitrogens with two attached hydrogens (primary N) is 1. The van der Waals surface area contributed by atoms with Crippen LogP contribution in [-0.4, -0.2) is 29.9 Å². The summed E-state index contributed by atoms with van der Waals surface area (Å²) in [6.45, 7) is 2.76. The van der Waals surface area contributed by atoms with Gasteiger partial charge in [0.05, 0.1) is 6.54 Å². The quantitative estimate of drug-likeness (QED) is 0.845. The minimum absolute atomic E-state index is 0.0119. The predicted octanol–water partition coefficient (Wildman–Crippen LogP) is 1.49. The van der Waals surface area contributed by atoms with Crippen molar-refractivity contribution in [2.45, 2.75) is 25.3 Å². The van der Waals surface area contributed by atoms with Crippen molar-refractivity contribution in [1.82, 2.24) is 4.90 Å². The molecule has 0 aromatic heterocycles. The fourth-order valence-corrected chi connectivity index (χ4v) is 2.47. The van der Waals surface area contributed by atoms with E-state index in [1.165, 1.54) is 12.1 Å². The lowest BCUT2D eigenvalue weighted by Crippen LogP contribution is -2.38. The molecule has 0 spiro atoms. The van der Waals surface area contributed by atoms with Crippen molar-refractivity contribution in [3.63, 3.8) is 0 Å². The predicted molar refractivity (Wildman–Crippen MR) is 64.0 cm³/mol. The molecule has 1 aliphatic rings. The van der Waals surface area contributed by atoms with E-state index in [4.69, 9.17) is 5.73 Å². The lowest BCUT2D eigenvalue weighted by atomic mass is 9.97. The molecule has 3 nitrogen and oxygen atoms in total. The number of likely N-dealkylation sites (tertiary alicyclic amines) is 1. The van der Waals surface area contributed by atoms with Crippen LogP contribution in [0.3, 0.4) is 0 Å². The third-order valence-electron chi connectivity index (χ3n) is 3.41. The Labute approximate surface area is 100 Å². The summed E-state index contributed by atoms with van der Waals surface area (Å²) in [5.74, 6) is 0.0536. The van der Waals surface area contributed by atoms with E-state index in [9.17, 15) is 9.18 Å². The van der Waals surface area contributed by atoms with Crippen molar-refractivity contribution in [3.05, 3.63) is 35.6 Å². The number of halogens is 1. The molecule has 4 heteroatoms. The van der Waals surface area contributed by atoms with Crippen LogP contribution < -0.4 is 5.73 Å². The van der Waals surface area contributed by atoms with E-state index >= 15 is 0 Å². The van der Waals surface area contributed by atoms with Crippen LogP contribution in [0.25, 0.3) is 0 Å². The van der Waals surface area contributed by atoms with Crippen molar-refractivity contribution < 1.29 is 9.18 Å². The number of carbonyl (C=O) groups is 1. The third-order valence-corrected chi connectivity index (χ3v) is 3.41. The molecule has 2 N–H and O–H groups in total. The maximum Gasteiger partial charge on any atom is 0.236 e. The van der Waals surface area contributed by atoms with E-state index in [0.29, 0.717) is 12.5 Å². The number of hydrogen-bond donors (Lipinski definition) is 1. The zero-order chi connectivity index (χ0) is 12.4. The van der Waals surface area contributed by atoms with Gasteiger partial charge in [0.1, 0.15) is 5.82 Å². The molecule has 1 aliphatic heterocycles. The molecule has 1 amide bonds. The number of hydrogen-bond acceptors (Lipinski definition) is 2. The largest absolute Gasteiger partial charge is 0.338 e. The summed E-state index contributed by atoms with van der Waals surface area (Å²) >= 11 is 0. The Hall–Kier alpha value is -1.42. The molecule has 1 saturated heterocycles. The monoisotopic (exact) mass is 236 g/mol. The second-order valence-corrected chi connectivity index (χ2v) is 4.58. The van der Waals surface area contributed by atoms with Crippen LogP contribution in [0, 0.1) is 5.82 Å². The molecule has 1 heterocycles. The average Bonchev–Trinajstić information content (AvgIpc) is 2.71. The first kappa shape index (κ1) is 12.0. The van der Waals surface area contributed by atoms with Crippen LogP contribution in [-0.2, 0) is 4.79 Å². The molecule has 0 saturated carbocycles. The van der Waals surface area contributed by atoms with Crippen molar-refractivity contribution in [2.75, 3.05) is 13.1 Å². The zero-order valence-electron chi connectivity index (χ0n) is 9.90. The van der Waals surface area contributed by atoms with E-state index in [-0.39, 0.29) is 24.3 Å². The van der Waals surface area contributed by atoms with Gasteiger partial charge < -0.3 is 10.6 Å². The number of benzene rings is 1. The maximum absolute atomic E-state index is 12.8. The molecule has 0 radical (unpaired) electrons. The van der Waals surface area contributed by atoms with E-state index in [1.807, 2.05) is 11.8 Å². The molecular formula is C13H17FN2O. The lowest BCUT2D eigenvalue weighted by Gasteiger charge is -2.20. The van der Waals surface area contributed by atoms with Crippen LogP contribution in [0.5, 0.6) is 0 Å². The SMILES string of the molecule is CC1CC(c2ccc(F)cc2)CN1C(=O)CN. The Morgan fingerprint density at radius 2 is 2.12 bits per heavy atom. The average molecular weight is 236 g/mol. The molecule has 2 rings (SSSR count). The summed E-state index contributed by atoms with van der Waals surface area (Å²) in [5, 5.41) is 0. The summed E-state index contributed by atoms with van der Waals surface area (Å²) in [4.78, 5) is 13.4. The topological polar surface area (TPSA) is 46.3 Å². The van der Waals surface area contributed by atoms with Gasteiger partial charge in [-0.25, -0.2) is 4.39 Å². The van der Waals surface area contributed by atoms with E-state index < -0.39 is 0 Å². The van der Waals surface area contributed by atoms with Crippen LogP contribution >= 0.6 is 0 Å². The highest BCUT2D eigenvalue weighted by Gasteiger charge is 2.32. The highest BCUT2D eigenvalue weighted by molar-refractivity contribution is 5.78. The van der Waals surface area contributed by atoms with Gasteiger partial charge in [0, 0.05) is 18.5 Å². The summed E-state index contributed by atoms with van der Waals surface area (Å²) in [6.07, 6.45) is 0.914. The summed E-state index contributed by atoms with van der Waals surface area (Å²) < 4.78 is 12.8. The molecule has 2 unspecified atom stereocenters. The molecule has 17 heavy (non-hydrogen) atoms.